The Hall–Kier alpha value is -3.82. The van der Waals surface area contributed by atoms with Crippen molar-refractivity contribution >= 4 is 32.5 Å². The summed E-state index contributed by atoms with van der Waals surface area (Å²) in [6.07, 6.45) is 5.30. The first-order valence-corrected chi connectivity index (χ1v) is 13.3. The number of aryl methyl sites for hydroxylation is 1. The lowest BCUT2D eigenvalue weighted by Gasteiger charge is -2.34. The molecule has 0 aliphatic carbocycles. The fraction of sp³-hybridized carbons (Fsp3) is 0.222. The van der Waals surface area contributed by atoms with Gasteiger partial charge in [0, 0.05) is 68.0 Å². The molecular weight excluding hydrogens is 474 g/mol. The Morgan fingerprint density at radius 3 is 2.47 bits per heavy atom. The molecule has 36 heavy (non-hydrogen) atoms. The first kappa shape index (κ1) is 23.9. The lowest BCUT2D eigenvalue weighted by Crippen LogP contribution is -2.48. The van der Waals surface area contributed by atoms with Crippen LogP contribution in [0.25, 0.3) is 10.9 Å². The van der Waals surface area contributed by atoms with E-state index in [9.17, 15) is 13.2 Å². The predicted octanol–water partition coefficient (Wildman–Crippen LogP) is 3.70. The number of hydrogen-bond acceptors (Lipinski definition) is 6. The molecule has 1 amide bonds. The van der Waals surface area contributed by atoms with Gasteiger partial charge in [-0.3, -0.25) is 24.4 Å². The summed E-state index contributed by atoms with van der Waals surface area (Å²) in [5, 5.41) is 0.747. The molecule has 2 aromatic carbocycles. The number of pyridine rings is 2. The summed E-state index contributed by atoms with van der Waals surface area (Å²) >= 11 is 0. The number of fused-ring (bicyclic) bond motifs is 1. The molecule has 4 aromatic rings. The predicted molar refractivity (Wildman–Crippen MR) is 139 cm³/mol. The van der Waals surface area contributed by atoms with Crippen molar-refractivity contribution in [3.8, 4) is 0 Å². The minimum Gasteiger partial charge on any atom is -0.336 e. The van der Waals surface area contributed by atoms with Crippen molar-refractivity contribution in [3.05, 3.63) is 95.9 Å². The van der Waals surface area contributed by atoms with Crippen LogP contribution in [0.5, 0.6) is 0 Å². The van der Waals surface area contributed by atoms with Crippen LogP contribution >= 0.6 is 0 Å². The van der Waals surface area contributed by atoms with Crippen molar-refractivity contribution in [1.82, 2.24) is 19.8 Å². The molecule has 5 rings (SSSR count). The van der Waals surface area contributed by atoms with Crippen LogP contribution in [0.2, 0.25) is 0 Å². The molecule has 1 aliphatic heterocycles. The Kier molecular flexibility index (Phi) is 6.67. The second-order valence-corrected chi connectivity index (χ2v) is 10.6. The van der Waals surface area contributed by atoms with Gasteiger partial charge in [0.05, 0.1) is 5.52 Å². The van der Waals surface area contributed by atoms with E-state index in [1.807, 2.05) is 36.4 Å². The fourth-order valence-corrected chi connectivity index (χ4v) is 5.68. The van der Waals surface area contributed by atoms with Crippen molar-refractivity contribution in [2.24, 2.45) is 0 Å². The zero-order valence-corrected chi connectivity index (χ0v) is 20.8. The first-order chi connectivity index (χ1) is 17.4. The third-order valence-corrected chi connectivity index (χ3v) is 7.68. The van der Waals surface area contributed by atoms with E-state index in [1.165, 1.54) is 11.6 Å². The van der Waals surface area contributed by atoms with Crippen LogP contribution in [0.15, 0.2) is 84.1 Å². The average Bonchev–Trinajstić information content (AvgIpc) is 2.89. The van der Waals surface area contributed by atoms with E-state index < -0.39 is 10.0 Å². The molecule has 1 N–H and O–H groups in total. The number of carbonyl (C=O) groups excluding carboxylic acids is 1. The molecular formula is C27H27N5O3S. The number of rotatable bonds is 6. The number of nitrogens with one attached hydrogen (secondary N) is 1. The van der Waals surface area contributed by atoms with Crippen LogP contribution in [0, 0.1) is 6.92 Å². The minimum atomic E-state index is -3.85. The van der Waals surface area contributed by atoms with Crippen LogP contribution < -0.4 is 4.72 Å². The van der Waals surface area contributed by atoms with Gasteiger partial charge in [-0.05, 0) is 54.4 Å². The van der Waals surface area contributed by atoms with E-state index in [0.29, 0.717) is 29.9 Å². The highest BCUT2D eigenvalue weighted by molar-refractivity contribution is 7.93. The number of aromatic nitrogens is 2. The zero-order valence-electron chi connectivity index (χ0n) is 20.0. The molecule has 2 aromatic heterocycles. The van der Waals surface area contributed by atoms with Gasteiger partial charge in [-0.15, -0.1) is 0 Å². The van der Waals surface area contributed by atoms with Gasteiger partial charge in [0.15, 0.2) is 0 Å². The third kappa shape index (κ3) is 5.22. The molecule has 1 aliphatic rings. The number of piperazine rings is 1. The van der Waals surface area contributed by atoms with E-state index in [-0.39, 0.29) is 10.8 Å². The van der Waals surface area contributed by atoms with E-state index in [4.69, 9.17) is 0 Å². The summed E-state index contributed by atoms with van der Waals surface area (Å²) in [4.78, 5) is 25.8. The lowest BCUT2D eigenvalue weighted by molar-refractivity contribution is 0.0628. The molecule has 0 saturated carbocycles. The zero-order chi connectivity index (χ0) is 25.1. The van der Waals surface area contributed by atoms with Gasteiger partial charge in [0.25, 0.3) is 15.9 Å². The highest BCUT2D eigenvalue weighted by atomic mass is 32.2. The maximum Gasteiger partial charge on any atom is 0.264 e. The molecule has 3 heterocycles. The Bertz CT molecular complexity index is 1490. The van der Waals surface area contributed by atoms with Crippen molar-refractivity contribution < 1.29 is 13.2 Å². The van der Waals surface area contributed by atoms with Crippen molar-refractivity contribution in [3.63, 3.8) is 0 Å². The molecule has 0 unspecified atom stereocenters. The first-order valence-electron chi connectivity index (χ1n) is 11.8. The molecule has 1 saturated heterocycles. The van der Waals surface area contributed by atoms with Gasteiger partial charge in [0.1, 0.15) is 4.90 Å². The van der Waals surface area contributed by atoms with E-state index in [1.54, 1.807) is 42.6 Å². The fourth-order valence-electron chi connectivity index (χ4n) is 4.44. The largest absolute Gasteiger partial charge is 0.336 e. The highest BCUT2D eigenvalue weighted by Crippen LogP contribution is 2.23. The quantitative estimate of drug-likeness (QED) is 0.433. The Morgan fingerprint density at radius 2 is 1.72 bits per heavy atom. The number of sulfonamides is 1. The number of carbonyl (C=O) groups is 1. The normalized spacial score (nSPS) is 14.6. The second-order valence-electron chi connectivity index (χ2n) is 8.95. The standard InChI is InChI=1S/C27H27N5O3S/c1-20-16-21(18-28-17-20)19-31-12-14-32(15-13-31)27(33)23-7-9-24(10-8-23)30-36(34,35)25-6-2-4-22-5-3-11-29-26(22)25/h2-11,16-18,30H,12-15,19H2,1H3. The summed E-state index contributed by atoms with van der Waals surface area (Å²) in [5.74, 6) is -0.0560. The van der Waals surface area contributed by atoms with Gasteiger partial charge in [0.2, 0.25) is 0 Å². The number of anilines is 1. The number of para-hydroxylation sites is 1. The maximum absolute atomic E-state index is 13.0. The van der Waals surface area contributed by atoms with Crippen LogP contribution in [-0.2, 0) is 16.6 Å². The van der Waals surface area contributed by atoms with Crippen molar-refractivity contribution in [1.29, 1.82) is 0 Å². The van der Waals surface area contributed by atoms with Gasteiger partial charge < -0.3 is 4.90 Å². The molecule has 0 atom stereocenters. The van der Waals surface area contributed by atoms with Crippen molar-refractivity contribution in [2.75, 3.05) is 30.9 Å². The molecule has 184 valence electrons. The van der Waals surface area contributed by atoms with Crippen LogP contribution in [0.1, 0.15) is 21.5 Å². The summed E-state index contributed by atoms with van der Waals surface area (Å²) in [7, 11) is -3.85. The number of amides is 1. The van der Waals surface area contributed by atoms with Gasteiger partial charge >= 0.3 is 0 Å². The molecule has 0 radical (unpaired) electrons. The molecule has 9 heteroatoms. The van der Waals surface area contributed by atoms with E-state index in [0.717, 1.165) is 30.6 Å². The average molecular weight is 502 g/mol. The SMILES string of the molecule is Cc1cncc(CN2CCN(C(=O)c3ccc(NS(=O)(=O)c4cccc5cccnc45)cc3)CC2)c1. The summed E-state index contributed by atoms with van der Waals surface area (Å²) in [5.41, 5.74) is 3.64. The summed E-state index contributed by atoms with van der Waals surface area (Å²) in [6, 6.07) is 17.3. The maximum atomic E-state index is 13.0. The molecule has 0 spiro atoms. The van der Waals surface area contributed by atoms with Crippen LogP contribution in [0.4, 0.5) is 5.69 Å². The Morgan fingerprint density at radius 1 is 0.972 bits per heavy atom. The van der Waals surface area contributed by atoms with Gasteiger partial charge in [-0.2, -0.15) is 0 Å². The molecule has 8 nitrogen and oxygen atoms in total. The number of benzene rings is 2. The lowest BCUT2D eigenvalue weighted by atomic mass is 10.1. The second kappa shape index (κ2) is 10.0. The summed E-state index contributed by atoms with van der Waals surface area (Å²) < 4.78 is 28.7. The minimum absolute atomic E-state index is 0.0560. The number of nitrogens with zero attached hydrogens (tertiary/aromatic N) is 4. The Labute approximate surface area is 210 Å². The third-order valence-electron chi connectivity index (χ3n) is 6.27. The van der Waals surface area contributed by atoms with Gasteiger partial charge in [-0.1, -0.05) is 24.3 Å². The van der Waals surface area contributed by atoms with Gasteiger partial charge in [-0.25, -0.2) is 8.42 Å². The summed E-state index contributed by atoms with van der Waals surface area (Å²) in [6.45, 7) is 5.70. The van der Waals surface area contributed by atoms with E-state index >= 15 is 0 Å². The highest BCUT2D eigenvalue weighted by Gasteiger charge is 2.23. The monoisotopic (exact) mass is 501 g/mol. The van der Waals surface area contributed by atoms with Crippen LogP contribution in [0.3, 0.4) is 0 Å². The molecule has 0 bridgehead atoms. The number of hydrogen-bond donors (Lipinski definition) is 1. The van der Waals surface area contributed by atoms with Crippen molar-refractivity contribution in [2.45, 2.75) is 18.4 Å². The van der Waals surface area contributed by atoms with E-state index in [2.05, 4.69) is 25.7 Å². The van der Waals surface area contributed by atoms with Crippen LogP contribution in [-0.4, -0.2) is 60.3 Å². The smallest absolute Gasteiger partial charge is 0.264 e. The molecule has 1 fully saturated rings. The topological polar surface area (TPSA) is 95.5 Å². The Balaban J connectivity index is 1.21.